The van der Waals surface area contributed by atoms with E-state index in [2.05, 4.69) is 15.1 Å². The number of benzene rings is 1. The Kier molecular flexibility index (Phi) is 4.07. The van der Waals surface area contributed by atoms with Gasteiger partial charge in [0.25, 0.3) is 0 Å². The minimum Gasteiger partial charge on any atom is -0.491 e. The van der Waals surface area contributed by atoms with Gasteiger partial charge in [0.05, 0.1) is 16.4 Å². The Morgan fingerprint density at radius 1 is 1.17 bits per heavy atom. The van der Waals surface area contributed by atoms with Gasteiger partial charge in [-0.15, -0.1) is 11.3 Å². The van der Waals surface area contributed by atoms with Gasteiger partial charge in [-0.1, -0.05) is 0 Å². The van der Waals surface area contributed by atoms with Gasteiger partial charge in [0.1, 0.15) is 41.0 Å². The molecule has 3 aromatic heterocycles. The lowest BCUT2D eigenvalue weighted by atomic mass is 10.1. The van der Waals surface area contributed by atoms with Gasteiger partial charge in [0.15, 0.2) is 11.6 Å². The molecule has 0 unspecified atom stereocenters. The standard InChI is InChI=1S/C20H11F2N5OS/c21-12-1-3-15(14(22)8-12)27-20(24-10-25-27)17-7-11-5-6-28-16-4-2-13(9-23)26-18(16)19(11)29-17/h1-4,7-8,10H,5-6H2. The first-order valence-corrected chi connectivity index (χ1v) is 9.48. The van der Waals surface area contributed by atoms with Crippen molar-refractivity contribution in [1.82, 2.24) is 19.7 Å². The second kappa shape index (κ2) is 6.76. The van der Waals surface area contributed by atoms with Crippen molar-refractivity contribution in [3.8, 4) is 38.8 Å². The van der Waals surface area contributed by atoms with Crippen molar-refractivity contribution in [2.75, 3.05) is 6.61 Å². The highest BCUT2D eigenvalue weighted by Crippen LogP contribution is 2.42. The summed E-state index contributed by atoms with van der Waals surface area (Å²) >= 11 is 1.41. The van der Waals surface area contributed by atoms with Crippen molar-refractivity contribution in [2.45, 2.75) is 6.42 Å². The highest BCUT2D eigenvalue weighted by atomic mass is 32.1. The van der Waals surface area contributed by atoms with Crippen LogP contribution in [0, 0.1) is 23.0 Å². The number of aromatic nitrogens is 4. The molecule has 6 nitrogen and oxygen atoms in total. The Morgan fingerprint density at radius 3 is 2.90 bits per heavy atom. The number of halogens is 2. The zero-order valence-corrected chi connectivity index (χ0v) is 15.6. The highest BCUT2D eigenvalue weighted by Gasteiger charge is 2.23. The van der Waals surface area contributed by atoms with E-state index in [0.717, 1.165) is 21.4 Å². The van der Waals surface area contributed by atoms with Gasteiger partial charge in [-0.05, 0) is 35.9 Å². The second-order valence-electron chi connectivity index (χ2n) is 6.31. The Morgan fingerprint density at radius 2 is 2.07 bits per heavy atom. The number of hydrogen-bond acceptors (Lipinski definition) is 6. The molecule has 9 heteroatoms. The van der Waals surface area contributed by atoms with Gasteiger partial charge in [-0.2, -0.15) is 10.4 Å². The van der Waals surface area contributed by atoms with E-state index in [0.29, 0.717) is 36.0 Å². The first-order valence-electron chi connectivity index (χ1n) is 8.67. The largest absolute Gasteiger partial charge is 0.491 e. The molecule has 29 heavy (non-hydrogen) atoms. The Balaban J connectivity index is 1.65. The molecule has 1 aliphatic rings. The van der Waals surface area contributed by atoms with Crippen molar-refractivity contribution in [2.24, 2.45) is 0 Å². The molecule has 0 spiro atoms. The predicted molar refractivity (Wildman–Crippen MR) is 102 cm³/mol. The highest BCUT2D eigenvalue weighted by molar-refractivity contribution is 7.19. The molecule has 0 bridgehead atoms. The third-order valence-corrected chi connectivity index (χ3v) is 5.71. The monoisotopic (exact) mass is 407 g/mol. The molecule has 0 N–H and O–H groups in total. The summed E-state index contributed by atoms with van der Waals surface area (Å²) in [4.78, 5) is 10.3. The van der Waals surface area contributed by atoms with Crippen LogP contribution in [0.4, 0.5) is 8.78 Å². The average Bonchev–Trinajstić information content (AvgIpc) is 3.32. The molecule has 1 aliphatic heterocycles. The van der Waals surface area contributed by atoms with Crippen LogP contribution in [0.1, 0.15) is 11.3 Å². The molecule has 4 heterocycles. The topological polar surface area (TPSA) is 76.6 Å². The first-order chi connectivity index (χ1) is 14.1. The van der Waals surface area contributed by atoms with Crippen molar-refractivity contribution in [1.29, 1.82) is 5.26 Å². The maximum atomic E-state index is 14.3. The van der Waals surface area contributed by atoms with E-state index in [4.69, 9.17) is 4.74 Å². The molecule has 0 radical (unpaired) electrons. The van der Waals surface area contributed by atoms with Gasteiger partial charge in [0, 0.05) is 12.5 Å². The van der Waals surface area contributed by atoms with Crippen LogP contribution in [0.5, 0.6) is 5.75 Å². The Labute approximate surface area is 167 Å². The van der Waals surface area contributed by atoms with E-state index in [1.165, 1.54) is 34.5 Å². The lowest BCUT2D eigenvalue weighted by Gasteiger charge is -2.07. The molecule has 0 atom stereocenters. The van der Waals surface area contributed by atoms with Gasteiger partial charge in [-0.25, -0.2) is 23.4 Å². The number of thiophene rings is 1. The zero-order valence-electron chi connectivity index (χ0n) is 14.8. The average molecular weight is 407 g/mol. The van der Waals surface area contributed by atoms with E-state index in [1.807, 2.05) is 12.1 Å². The zero-order chi connectivity index (χ0) is 20.0. The van der Waals surface area contributed by atoms with Gasteiger partial charge in [-0.3, -0.25) is 0 Å². The minimum atomic E-state index is -0.728. The minimum absolute atomic E-state index is 0.108. The molecular formula is C20H11F2N5OS. The maximum Gasteiger partial charge on any atom is 0.173 e. The van der Waals surface area contributed by atoms with E-state index in [9.17, 15) is 14.0 Å². The van der Waals surface area contributed by atoms with Crippen LogP contribution >= 0.6 is 11.3 Å². The summed E-state index contributed by atoms with van der Waals surface area (Å²) < 4.78 is 34.7. The molecular weight excluding hydrogens is 396 g/mol. The number of ether oxygens (including phenoxy) is 1. The number of hydrogen-bond donors (Lipinski definition) is 0. The van der Waals surface area contributed by atoms with Crippen LogP contribution in [0.2, 0.25) is 0 Å². The SMILES string of the molecule is N#Cc1ccc2c(n1)-c1sc(-c3ncnn3-c3ccc(F)cc3F)cc1CCO2. The molecule has 1 aromatic carbocycles. The molecule has 0 amide bonds. The fraction of sp³-hybridized carbons (Fsp3) is 0.100. The third kappa shape index (κ3) is 2.94. The van der Waals surface area contributed by atoms with Crippen molar-refractivity contribution >= 4 is 11.3 Å². The molecule has 0 aliphatic carbocycles. The molecule has 0 fully saturated rings. The van der Waals surface area contributed by atoms with E-state index >= 15 is 0 Å². The van der Waals surface area contributed by atoms with E-state index in [1.54, 1.807) is 12.1 Å². The predicted octanol–water partition coefficient (Wildman–Crippen LogP) is 4.14. The van der Waals surface area contributed by atoms with Gasteiger partial charge >= 0.3 is 0 Å². The summed E-state index contributed by atoms with van der Waals surface area (Å²) in [6.45, 7) is 0.475. The summed E-state index contributed by atoms with van der Waals surface area (Å²) in [6, 6.07) is 10.7. The summed E-state index contributed by atoms with van der Waals surface area (Å²) in [5.74, 6) is -0.338. The van der Waals surface area contributed by atoms with Crippen LogP contribution in [0.3, 0.4) is 0 Å². The van der Waals surface area contributed by atoms with Crippen LogP contribution < -0.4 is 4.74 Å². The number of nitriles is 1. The molecule has 0 saturated heterocycles. The summed E-state index contributed by atoms with van der Waals surface area (Å²) in [6.07, 6.45) is 1.98. The normalized spacial score (nSPS) is 12.4. The van der Waals surface area contributed by atoms with Crippen LogP contribution in [0.25, 0.3) is 27.0 Å². The first kappa shape index (κ1) is 17.5. The maximum absolute atomic E-state index is 14.3. The molecule has 5 rings (SSSR count). The van der Waals surface area contributed by atoms with Crippen LogP contribution in [-0.2, 0) is 6.42 Å². The third-order valence-electron chi connectivity index (χ3n) is 4.53. The van der Waals surface area contributed by atoms with Gasteiger partial charge < -0.3 is 4.74 Å². The van der Waals surface area contributed by atoms with Gasteiger partial charge in [0.2, 0.25) is 0 Å². The summed E-state index contributed by atoms with van der Waals surface area (Å²) in [5.41, 5.74) is 2.01. The van der Waals surface area contributed by atoms with Crippen LogP contribution in [0.15, 0.2) is 42.7 Å². The molecule has 0 saturated carbocycles. The fourth-order valence-corrected chi connectivity index (χ4v) is 4.41. The number of pyridine rings is 1. The Hall–Kier alpha value is -3.64. The lowest BCUT2D eigenvalue weighted by Crippen LogP contribution is -2.02. The summed E-state index contributed by atoms with van der Waals surface area (Å²) in [7, 11) is 0. The lowest BCUT2D eigenvalue weighted by molar-refractivity contribution is 0.325. The van der Waals surface area contributed by atoms with Crippen molar-refractivity contribution in [3.05, 3.63) is 65.6 Å². The quantitative estimate of drug-likeness (QED) is 0.499. The Bertz CT molecular complexity index is 1290. The van der Waals surface area contributed by atoms with E-state index < -0.39 is 11.6 Å². The van der Waals surface area contributed by atoms with Crippen molar-refractivity contribution < 1.29 is 13.5 Å². The second-order valence-corrected chi connectivity index (χ2v) is 7.36. The number of nitrogens with zero attached hydrogens (tertiary/aromatic N) is 5. The van der Waals surface area contributed by atoms with Crippen molar-refractivity contribution in [3.63, 3.8) is 0 Å². The fourth-order valence-electron chi connectivity index (χ4n) is 3.22. The molecule has 142 valence electrons. The number of fused-ring (bicyclic) bond motifs is 3. The summed E-state index contributed by atoms with van der Waals surface area (Å²) in [5, 5.41) is 13.3. The van der Waals surface area contributed by atoms with Crippen LogP contribution in [-0.4, -0.2) is 26.4 Å². The molecule has 4 aromatic rings. The van der Waals surface area contributed by atoms with E-state index in [-0.39, 0.29) is 5.69 Å². The number of rotatable bonds is 2. The smallest absolute Gasteiger partial charge is 0.173 e.